The maximum Gasteiger partial charge on any atom is 0.223 e. The smallest absolute Gasteiger partial charge is 0.223 e. The first-order chi connectivity index (χ1) is 23.5. The van der Waals surface area contributed by atoms with Crippen LogP contribution in [0.4, 0.5) is 17.1 Å². The minimum absolute atomic E-state index is 0.00330. The van der Waals surface area contributed by atoms with Crippen LogP contribution in [0.1, 0.15) is 37.0 Å². The van der Waals surface area contributed by atoms with Crippen molar-refractivity contribution in [2.24, 2.45) is 0 Å². The second-order valence-corrected chi connectivity index (χ2v) is 13.7. The molecule has 0 radical (unpaired) electrons. The van der Waals surface area contributed by atoms with Gasteiger partial charge in [-0.15, -0.1) is 0 Å². The predicted molar refractivity (Wildman–Crippen MR) is 201 cm³/mol. The fourth-order valence-corrected chi connectivity index (χ4v) is 8.49. The van der Waals surface area contributed by atoms with Crippen molar-refractivity contribution in [1.82, 2.24) is 0 Å². The first-order valence-electron chi connectivity index (χ1n) is 16.1. The highest BCUT2D eigenvalue weighted by Gasteiger charge is 2.28. The molecule has 1 aliphatic heterocycles. The van der Waals surface area contributed by atoms with E-state index in [0.29, 0.717) is 12.1 Å². The Morgan fingerprint density at radius 1 is 0.854 bits per heavy atom. The minimum atomic E-state index is -0.0282. The highest BCUT2D eigenvalue weighted by molar-refractivity contribution is 8.04. The predicted octanol–water partition coefficient (Wildman–Crippen LogP) is 11.1. The molecule has 236 valence electrons. The Bertz CT molecular complexity index is 2180. The zero-order valence-corrected chi connectivity index (χ0v) is 28.5. The standard InChI is InChI=1S/C42H34N2O2S2/c1-3-43(29(2)45)36-17-9-11-19-39(36)48-42-31(25-26-38(46)33-23-21-30-13-7-8-14-32(30)27-33)22-24-34(42)28-41-44(35-15-5-4-6-16-35)37-18-10-12-20-40(37)47-41/h4-21,23,25-27H,3,22,24H2,1-2H3/b26-25+. The van der Waals surface area contributed by atoms with Crippen LogP contribution in [0, 0.1) is 0 Å². The van der Waals surface area contributed by atoms with Crippen LogP contribution >= 0.6 is 23.5 Å². The average Bonchev–Trinajstić information content (AvgIpc) is 3.68. The van der Waals surface area contributed by atoms with Crippen LogP contribution in [-0.2, 0) is 4.79 Å². The zero-order chi connectivity index (χ0) is 33.0. The molecule has 5 aromatic rings. The number of anilines is 3. The quantitative estimate of drug-likeness (QED) is 0.0939. The molecular weight excluding hydrogens is 629 g/mol. The number of ketones is 1. The number of thioether (sulfide) groups is 2. The van der Waals surface area contributed by atoms with Gasteiger partial charge in [-0.3, -0.25) is 14.5 Å². The van der Waals surface area contributed by atoms with E-state index < -0.39 is 0 Å². The van der Waals surface area contributed by atoms with Gasteiger partial charge in [0.15, 0.2) is 5.78 Å². The van der Waals surface area contributed by atoms with Gasteiger partial charge in [-0.25, -0.2) is 0 Å². The van der Waals surface area contributed by atoms with Gasteiger partial charge in [0.05, 0.1) is 11.4 Å². The summed E-state index contributed by atoms with van der Waals surface area (Å²) in [7, 11) is 0. The number of rotatable bonds is 8. The van der Waals surface area contributed by atoms with Gasteiger partial charge in [0, 0.05) is 45.0 Å². The number of carbonyl (C=O) groups is 2. The number of amides is 1. The summed E-state index contributed by atoms with van der Waals surface area (Å²) < 4.78 is 0. The number of hydrogen-bond donors (Lipinski definition) is 0. The molecule has 4 nitrogen and oxygen atoms in total. The van der Waals surface area contributed by atoms with Crippen LogP contribution in [0.3, 0.4) is 0 Å². The van der Waals surface area contributed by atoms with Crippen molar-refractivity contribution in [3.8, 4) is 0 Å². The topological polar surface area (TPSA) is 40.6 Å². The summed E-state index contributed by atoms with van der Waals surface area (Å²) in [6.45, 7) is 4.18. The zero-order valence-electron chi connectivity index (χ0n) is 26.9. The molecule has 0 saturated carbocycles. The Balaban J connectivity index is 1.33. The summed E-state index contributed by atoms with van der Waals surface area (Å²) >= 11 is 3.37. The third-order valence-electron chi connectivity index (χ3n) is 8.53. The van der Waals surface area contributed by atoms with E-state index in [1.165, 1.54) is 4.90 Å². The van der Waals surface area contributed by atoms with Crippen molar-refractivity contribution in [2.75, 3.05) is 16.3 Å². The Labute approximate surface area is 290 Å². The fraction of sp³-hybridized carbons (Fsp3) is 0.119. The molecule has 0 saturated heterocycles. The lowest BCUT2D eigenvalue weighted by atomic mass is 10.0. The number of fused-ring (bicyclic) bond motifs is 2. The summed E-state index contributed by atoms with van der Waals surface area (Å²) in [5.41, 5.74) is 9.79. The largest absolute Gasteiger partial charge is 0.312 e. The molecule has 1 amide bonds. The van der Waals surface area contributed by atoms with Crippen LogP contribution < -0.4 is 9.80 Å². The SMILES string of the molecule is CCN(C(C)=O)c1ccccc1SC1=C(/C=C/C(=O)c2ccc3ccccc3c2)CCC1=C=C1Sc2ccccc2N1c1ccccc1. The van der Waals surface area contributed by atoms with Crippen molar-refractivity contribution < 1.29 is 9.59 Å². The van der Waals surface area contributed by atoms with Crippen molar-refractivity contribution in [2.45, 2.75) is 36.5 Å². The highest BCUT2D eigenvalue weighted by atomic mass is 32.2. The average molecular weight is 663 g/mol. The van der Waals surface area contributed by atoms with E-state index in [4.69, 9.17) is 0 Å². The number of carbonyl (C=O) groups excluding carboxylic acids is 2. The molecule has 0 fully saturated rings. The summed E-state index contributed by atoms with van der Waals surface area (Å²) in [5.74, 6) is -0.0249. The van der Waals surface area contributed by atoms with Gasteiger partial charge in [0.1, 0.15) is 5.03 Å². The monoisotopic (exact) mass is 662 g/mol. The third-order valence-corrected chi connectivity index (χ3v) is 10.9. The van der Waals surface area contributed by atoms with E-state index in [2.05, 4.69) is 71.3 Å². The van der Waals surface area contributed by atoms with Gasteiger partial charge in [0.25, 0.3) is 0 Å². The molecular formula is C42H34N2O2S2. The Hall–Kier alpha value is -5.00. The Morgan fingerprint density at radius 3 is 2.40 bits per heavy atom. The second-order valence-electron chi connectivity index (χ2n) is 11.6. The molecule has 6 heteroatoms. The van der Waals surface area contributed by atoms with Crippen LogP contribution in [0.2, 0.25) is 0 Å². The normalized spacial score (nSPS) is 14.2. The van der Waals surface area contributed by atoms with Crippen LogP contribution in [0.15, 0.2) is 170 Å². The lowest BCUT2D eigenvalue weighted by Crippen LogP contribution is -2.28. The lowest BCUT2D eigenvalue weighted by molar-refractivity contribution is -0.116. The Morgan fingerprint density at radius 2 is 1.58 bits per heavy atom. The lowest BCUT2D eigenvalue weighted by Gasteiger charge is -2.22. The molecule has 0 bridgehead atoms. The van der Waals surface area contributed by atoms with Gasteiger partial charge in [0.2, 0.25) is 5.91 Å². The van der Waals surface area contributed by atoms with E-state index in [9.17, 15) is 9.59 Å². The maximum atomic E-state index is 13.5. The van der Waals surface area contributed by atoms with Crippen LogP contribution in [-0.4, -0.2) is 18.2 Å². The maximum absolute atomic E-state index is 13.5. The summed E-state index contributed by atoms with van der Waals surface area (Å²) in [6.07, 6.45) is 5.26. The Kier molecular flexibility index (Phi) is 9.22. The summed E-state index contributed by atoms with van der Waals surface area (Å²) in [4.78, 5) is 33.4. The molecule has 0 aromatic heterocycles. The van der Waals surface area contributed by atoms with Gasteiger partial charge in [-0.2, -0.15) is 0 Å². The molecule has 0 atom stereocenters. The fourth-order valence-electron chi connectivity index (χ4n) is 6.17. The van der Waals surface area contributed by atoms with E-state index in [-0.39, 0.29) is 11.7 Å². The van der Waals surface area contributed by atoms with Crippen molar-refractivity contribution >= 4 is 63.0 Å². The van der Waals surface area contributed by atoms with Gasteiger partial charge in [-0.1, -0.05) is 114 Å². The molecule has 1 heterocycles. The second kappa shape index (κ2) is 14.0. The van der Waals surface area contributed by atoms with Gasteiger partial charge < -0.3 is 4.90 Å². The summed E-state index contributed by atoms with van der Waals surface area (Å²) in [5, 5.41) is 3.17. The van der Waals surface area contributed by atoms with E-state index in [1.807, 2.05) is 73.7 Å². The van der Waals surface area contributed by atoms with Crippen LogP contribution in [0.5, 0.6) is 0 Å². The molecule has 48 heavy (non-hydrogen) atoms. The van der Waals surface area contributed by atoms with Gasteiger partial charge in [-0.05, 0) is 84.7 Å². The first-order valence-corrected chi connectivity index (χ1v) is 17.7. The van der Waals surface area contributed by atoms with E-state index in [1.54, 1.807) is 41.4 Å². The number of allylic oxidation sites excluding steroid dienone is 4. The van der Waals surface area contributed by atoms with Crippen molar-refractivity contribution in [3.05, 3.63) is 166 Å². The molecule has 0 N–H and O–H groups in total. The number of para-hydroxylation sites is 3. The third kappa shape index (κ3) is 6.43. The first kappa shape index (κ1) is 31.6. The van der Waals surface area contributed by atoms with Crippen molar-refractivity contribution in [3.63, 3.8) is 0 Å². The number of nitrogens with zero attached hydrogens (tertiary/aromatic N) is 2. The van der Waals surface area contributed by atoms with Crippen molar-refractivity contribution in [1.29, 1.82) is 0 Å². The van der Waals surface area contributed by atoms with E-state index in [0.717, 1.165) is 66.7 Å². The number of hydrogen-bond acceptors (Lipinski definition) is 5. The summed E-state index contributed by atoms with van der Waals surface area (Å²) in [6, 6.07) is 40.8. The molecule has 0 unspecified atom stereocenters. The molecule has 5 aromatic carbocycles. The highest BCUT2D eigenvalue weighted by Crippen LogP contribution is 2.51. The minimum Gasteiger partial charge on any atom is -0.312 e. The number of benzene rings is 5. The molecule has 0 spiro atoms. The van der Waals surface area contributed by atoms with Crippen LogP contribution in [0.25, 0.3) is 10.8 Å². The molecule has 2 aliphatic rings. The molecule has 1 aliphatic carbocycles. The van der Waals surface area contributed by atoms with E-state index >= 15 is 0 Å². The van der Waals surface area contributed by atoms with Gasteiger partial charge >= 0.3 is 0 Å². The molecule has 7 rings (SSSR count).